The largest absolute Gasteiger partial charge is 0.497 e. The molecule has 0 unspecified atom stereocenters. The number of amides is 1. The monoisotopic (exact) mass is 343 g/mol. The van der Waals surface area contributed by atoms with E-state index < -0.39 is 12.0 Å². The van der Waals surface area contributed by atoms with Gasteiger partial charge in [-0.05, 0) is 29.8 Å². The van der Waals surface area contributed by atoms with Crippen molar-refractivity contribution in [2.75, 3.05) is 13.7 Å². The van der Waals surface area contributed by atoms with Gasteiger partial charge in [0.15, 0.2) is 0 Å². The number of benzene rings is 2. The third-order valence-electron chi connectivity index (χ3n) is 3.57. The van der Waals surface area contributed by atoms with Crippen molar-refractivity contribution in [3.8, 4) is 11.5 Å². The van der Waals surface area contributed by atoms with Gasteiger partial charge in [-0.3, -0.25) is 4.79 Å². The van der Waals surface area contributed by atoms with E-state index in [0.29, 0.717) is 5.75 Å². The van der Waals surface area contributed by atoms with E-state index in [1.165, 1.54) is 0 Å². The molecule has 0 saturated carbocycles. The van der Waals surface area contributed by atoms with E-state index in [1.807, 2.05) is 30.3 Å². The number of hydrogen-bond acceptors (Lipinski definition) is 4. The first-order valence-electron chi connectivity index (χ1n) is 7.91. The summed E-state index contributed by atoms with van der Waals surface area (Å²) >= 11 is 0. The summed E-state index contributed by atoms with van der Waals surface area (Å²) in [5.41, 5.74) is 0.852. The second-order valence-electron chi connectivity index (χ2n) is 5.42. The molecule has 6 heteroatoms. The van der Waals surface area contributed by atoms with Gasteiger partial charge in [0.25, 0.3) is 0 Å². The van der Waals surface area contributed by atoms with Gasteiger partial charge in [0.2, 0.25) is 5.91 Å². The number of rotatable bonds is 9. The first-order chi connectivity index (χ1) is 12.1. The number of nitrogens with one attached hydrogen (secondary N) is 1. The zero-order valence-corrected chi connectivity index (χ0v) is 14.0. The van der Waals surface area contributed by atoms with Crippen molar-refractivity contribution in [3.63, 3.8) is 0 Å². The Morgan fingerprint density at radius 2 is 1.68 bits per heavy atom. The SMILES string of the molecule is COc1ccc(OCCC(=O)N[C@@H](Cc2ccccc2)C(=O)O)cc1. The van der Waals surface area contributed by atoms with Gasteiger partial charge in [-0.15, -0.1) is 0 Å². The highest BCUT2D eigenvalue weighted by Gasteiger charge is 2.20. The maximum atomic E-state index is 12.0. The Hall–Kier alpha value is -3.02. The molecule has 0 aliphatic rings. The van der Waals surface area contributed by atoms with Gasteiger partial charge in [0.1, 0.15) is 17.5 Å². The second kappa shape index (κ2) is 9.32. The maximum absolute atomic E-state index is 12.0. The zero-order valence-electron chi connectivity index (χ0n) is 14.0. The van der Waals surface area contributed by atoms with E-state index in [1.54, 1.807) is 31.4 Å². The smallest absolute Gasteiger partial charge is 0.326 e. The lowest BCUT2D eigenvalue weighted by atomic mass is 10.1. The normalized spacial score (nSPS) is 11.4. The van der Waals surface area contributed by atoms with Gasteiger partial charge in [0.05, 0.1) is 20.1 Å². The summed E-state index contributed by atoms with van der Waals surface area (Å²) < 4.78 is 10.5. The minimum Gasteiger partial charge on any atom is -0.497 e. The molecule has 1 atom stereocenters. The number of hydrogen-bond donors (Lipinski definition) is 2. The van der Waals surface area contributed by atoms with E-state index in [0.717, 1.165) is 11.3 Å². The Labute approximate surface area is 146 Å². The standard InChI is InChI=1S/C19H21NO5/c1-24-15-7-9-16(10-8-15)25-12-11-18(21)20-17(19(22)23)13-14-5-3-2-4-6-14/h2-10,17H,11-13H2,1H3,(H,20,21)(H,22,23)/t17-/m0/s1. The summed E-state index contributed by atoms with van der Waals surface area (Å²) in [6.07, 6.45) is 0.311. The lowest BCUT2D eigenvalue weighted by Gasteiger charge is -2.15. The van der Waals surface area contributed by atoms with Crippen molar-refractivity contribution < 1.29 is 24.2 Å². The average molecular weight is 343 g/mol. The summed E-state index contributed by atoms with van der Waals surface area (Å²) in [5, 5.41) is 11.8. The number of carbonyl (C=O) groups excluding carboxylic acids is 1. The fourth-order valence-electron chi connectivity index (χ4n) is 2.25. The molecule has 25 heavy (non-hydrogen) atoms. The molecule has 0 saturated heterocycles. The van der Waals surface area contributed by atoms with E-state index in [-0.39, 0.29) is 25.4 Å². The average Bonchev–Trinajstić information content (AvgIpc) is 2.62. The van der Waals surface area contributed by atoms with Crippen LogP contribution in [0, 0.1) is 0 Å². The van der Waals surface area contributed by atoms with Crippen LogP contribution >= 0.6 is 0 Å². The minimum absolute atomic E-state index is 0.0740. The van der Waals surface area contributed by atoms with Gasteiger partial charge in [-0.2, -0.15) is 0 Å². The fraction of sp³-hybridized carbons (Fsp3) is 0.263. The number of methoxy groups -OCH3 is 1. The highest BCUT2D eigenvalue weighted by molar-refractivity contribution is 5.83. The first-order valence-corrected chi connectivity index (χ1v) is 7.91. The summed E-state index contributed by atoms with van der Waals surface area (Å²) in [6, 6.07) is 15.2. The molecule has 0 aliphatic heterocycles. The van der Waals surface area contributed by atoms with Gasteiger partial charge < -0.3 is 19.9 Å². The van der Waals surface area contributed by atoms with Crippen molar-refractivity contribution >= 4 is 11.9 Å². The van der Waals surface area contributed by atoms with Crippen molar-refractivity contribution in [1.82, 2.24) is 5.32 Å². The van der Waals surface area contributed by atoms with Crippen LogP contribution in [0.15, 0.2) is 54.6 Å². The van der Waals surface area contributed by atoms with Gasteiger partial charge in [-0.25, -0.2) is 4.79 Å². The lowest BCUT2D eigenvalue weighted by molar-refractivity contribution is -0.141. The fourth-order valence-corrected chi connectivity index (χ4v) is 2.25. The minimum atomic E-state index is -1.06. The predicted octanol–water partition coefficient (Wildman–Crippen LogP) is 2.28. The molecule has 1 amide bonds. The number of ether oxygens (including phenoxy) is 2. The van der Waals surface area contributed by atoms with Crippen LogP contribution in [-0.4, -0.2) is 36.7 Å². The number of carbonyl (C=O) groups is 2. The van der Waals surface area contributed by atoms with Crippen LogP contribution in [0.1, 0.15) is 12.0 Å². The Bertz CT molecular complexity index is 685. The molecule has 0 heterocycles. The van der Waals surface area contributed by atoms with Crippen molar-refractivity contribution in [3.05, 3.63) is 60.2 Å². The number of carboxylic acid groups (broad SMARTS) is 1. The van der Waals surface area contributed by atoms with Gasteiger partial charge >= 0.3 is 5.97 Å². The van der Waals surface area contributed by atoms with E-state index in [9.17, 15) is 14.7 Å². The molecule has 2 aromatic carbocycles. The first kappa shape index (κ1) is 18.3. The summed E-state index contributed by atoms with van der Waals surface area (Å²) in [7, 11) is 1.58. The topological polar surface area (TPSA) is 84.9 Å². The molecule has 0 aromatic heterocycles. The van der Waals surface area contributed by atoms with Crippen LogP contribution in [0.3, 0.4) is 0 Å². The molecule has 0 bridgehead atoms. The van der Waals surface area contributed by atoms with Crippen LogP contribution in [0.25, 0.3) is 0 Å². The highest BCUT2D eigenvalue weighted by Crippen LogP contribution is 2.17. The van der Waals surface area contributed by atoms with Gasteiger partial charge in [0, 0.05) is 6.42 Å². The Kier molecular flexibility index (Phi) is 6.83. The quantitative estimate of drug-likeness (QED) is 0.730. The summed E-state index contributed by atoms with van der Waals surface area (Å²) in [5.74, 6) is -0.0897. The van der Waals surface area contributed by atoms with Crippen LogP contribution in [0.5, 0.6) is 11.5 Å². The number of aliphatic carboxylic acids is 1. The summed E-state index contributed by atoms with van der Waals surface area (Å²) in [4.78, 5) is 23.3. The van der Waals surface area contributed by atoms with Crippen molar-refractivity contribution in [1.29, 1.82) is 0 Å². The Balaban J connectivity index is 1.79. The van der Waals surface area contributed by atoms with Crippen LogP contribution in [0.2, 0.25) is 0 Å². The Morgan fingerprint density at radius 1 is 1.04 bits per heavy atom. The van der Waals surface area contributed by atoms with E-state index >= 15 is 0 Å². The second-order valence-corrected chi connectivity index (χ2v) is 5.42. The van der Waals surface area contributed by atoms with E-state index in [4.69, 9.17) is 9.47 Å². The van der Waals surface area contributed by atoms with E-state index in [2.05, 4.69) is 5.32 Å². The summed E-state index contributed by atoms with van der Waals surface area (Å²) in [6.45, 7) is 0.163. The maximum Gasteiger partial charge on any atom is 0.326 e. The molecule has 0 fully saturated rings. The highest BCUT2D eigenvalue weighted by atomic mass is 16.5. The molecule has 0 radical (unpaired) electrons. The zero-order chi connectivity index (χ0) is 18.1. The van der Waals surface area contributed by atoms with Gasteiger partial charge in [-0.1, -0.05) is 30.3 Å². The van der Waals surface area contributed by atoms with Crippen molar-refractivity contribution in [2.24, 2.45) is 0 Å². The van der Waals surface area contributed by atoms with Crippen LogP contribution in [0.4, 0.5) is 0 Å². The molecule has 2 aromatic rings. The lowest BCUT2D eigenvalue weighted by Crippen LogP contribution is -2.42. The predicted molar refractivity (Wildman–Crippen MR) is 92.8 cm³/mol. The molecule has 132 valence electrons. The molecule has 6 nitrogen and oxygen atoms in total. The molecule has 2 rings (SSSR count). The van der Waals surface area contributed by atoms with Crippen molar-refractivity contribution in [2.45, 2.75) is 18.9 Å². The Morgan fingerprint density at radius 3 is 2.28 bits per heavy atom. The third-order valence-corrected chi connectivity index (χ3v) is 3.57. The third kappa shape index (κ3) is 6.18. The molecule has 2 N–H and O–H groups in total. The van der Waals surface area contributed by atoms with Crippen LogP contribution < -0.4 is 14.8 Å². The number of carboxylic acids is 1. The molecular formula is C19H21NO5. The molecular weight excluding hydrogens is 322 g/mol. The molecule has 0 aliphatic carbocycles. The van der Waals surface area contributed by atoms with Crippen LogP contribution in [-0.2, 0) is 16.0 Å². The molecule has 0 spiro atoms.